The van der Waals surface area contributed by atoms with Crippen LogP contribution in [0, 0.1) is 0 Å². The quantitative estimate of drug-likeness (QED) is 0.750. The van der Waals surface area contributed by atoms with Crippen LogP contribution in [-0.4, -0.2) is 10.2 Å². The average Bonchev–Trinajstić information content (AvgIpc) is 2.68. The molecule has 1 unspecified atom stereocenters. The van der Waals surface area contributed by atoms with Gasteiger partial charge in [-0.3, -0.25) is 0 Å². The van der Waals surface area contributed by atoms with Gasteiger partial charge in [0.15, 0.2) is 0 Å². The first-order valence-corrected chi connectivity index (χ1v) is 6.19. The van der Waals surface area contributed by atoms with Crippen LogP contribution >= 0.6 is 22.9 Å². The van der Waals surface area contributed by atoms with E-state index < -0.39 is 0 Å². The Balaban J connectivity index is 1.93. The summed E-state index contributed by atoms with van der Waals surface area (Å²) in [6.45, 7) is 0. The first-order chi connectivity index (χ1) is 7.38. The van der Waals surface area contributed by atoms with Crippen molar-refractivity contribution in [3.8, 4) is 0 Å². The van der Waals surface area contributed by atoms with Crippen LogP contribution in [0.5, 0.6) is 0 Å². The molecule has 0 radical (unpaired) electrons. The van der Waals surface area contributed by atoms with Gasteiger partial charge in [0.05, 0.1) is 5.88 Å². The Bertz CT molecular complexity index is 495. The molecule has 15 heavy (non-hydrogen) atoms. The van der Waals surface area contributed by atoms with Crippen LogP contribution in [0.4, 0.5) is 0 Å². The lowest BCUT2D eigenvalue weighted by molar-refractivity contribution is 0.692. The van der Waals surface area contributed by atoms with Crippen molar-refractivity contribution in [1.29, 1.82) is 0 Å². The lowest BCUT2D eigenvalue weighted by Crippen LogP contribution is -2.17. The van der Waals surface area contributed by atoms with Crippen LogP contribution in [0.1, 0.15) is 27.1 Å². The zero-order valence-electron chi connectivity index (χ0n) is 7.98. The first-order valence-electron chi connectivity index (χ1n) is 4.84. The molecule has 76 valence electrons. The van der Waals surface area contributed by atoms with Crippen LogP contribution in [0.15, 0.2) is 24.3 Å². The minimum absolute atomic E-state index is 0.454. The molecule has 1 aliphatic carbocycles. The van der Waals surface area contributed by atoms with E-state index >= 15 is 0 Å². The molecule has 1 aromatic carbocycles. The number of nitrogens with zero attached hydrogens (tertiary/aromatic N) is 2. The molecule has 0 saturated heterocycles. The zero-order valence-corrected chi connectivity index (χ0v) is 9.55. The number of alkyl halides is 1. The van der Waals surface area contributed by atoms with Gasteiger partial charge in [-0.15, -0.1) is 21.8 Å². The Hall–Kier alpha value is -0.930. The van der Waals surface area contributed by atoms with Crippen LogP contribution in [-0.2, 0) is 12.3 Å². The van der Waals surface area contributed by atoms with E-state index in [1.165, 1.54) is 11.1 Å². The monoisotopic (exact) mass is 236 g/mol. The van der Waals surface area contributed by atoms with Crippen molar-refractivity contribution in [3.63, 3.8) is 0 Å². The summed E-state index contributed by atoms with van der Waals surface area (Å²) in [6, 6.07) is 8.51. The van der Waals surface area contributed by atoms with Gasteiger partial charge in [0.25, 0.3) is 0 Å². The lowest BCUT2D eigenvalue weighted by atomic mass is 9.78. The second-order valence-corrected chi connectivity index (χ2v) is 4.98. The Kier molecular flexibility index (Phi) is 2.22. The Morgan fingerprint density at radius 2 is 2.20 bits per heavy atom. The van der Waals surface area contributed by atoms with E-state index in [9.17, 15) is 0 Å². The Morgan fingerprint density at radius 1 is 1.33 bits per heavy atom. The average molecular weight is 237 g/mol. The van der Waals surface area contributed by atoms with E-state index in [0.717, 1.165) is 16.4 Å². The SMILES string of the molecule is ClCc1nnc(C2Cc3ccccc32)s1. The fourth-order valence-electron chi connectivity index (χ4n) is 1.94. The summed E-state index contributed by atoms with van der Waals surface area (Å²) in [5.74, 6) is 0.919. The van der Waals surface area contributed by atoms with Crippen molar-refractivity contribution >= 4 is 22.9 Å². The second kappa shape index (κ2) is 3.58. The summed E-state index contributed by atoms with van der Waals surface area (Å²) in [4.78, 5) is 0. The summed E-state index contributed by atoms with van der Waals surface area (Å²) in [7, 11) is 0. The van der Waals surface area contributed by atoms with E-state index in [2.05, 4.69) is 34.5 Å². The summed E-state index contributed by atoms with van der Waals surface area (Å²) < 4.78 is 0. The van der Waals surface area contributed by atoms with Gasteiger partial charge in [0, 0.05) is 5.92 Å². The third-order valence-electron chi connectivity index (χ3n) is 2.75. The number of aromatic nitrogens is 2. The maximum absolute atomic E-state index is 5.71. The van der Waals surface area contributed by atoms with Crippen molar-refractivity contribution in [2.45, 2.75) is 18.2 Å². The molecule has 0 aliphatic heterocycles. The van der Waals surface area contributed by atoms with Gasteiger partial charge in [-0.25, -0.2) is 0 Å². The highest BCUT2D eigenvalue weighted by Gasteiger charge is 2.29. The molecule has 0 amide bonds. The molecule has 1 aromatic heterocycles. The van der Waals surface area contributed by atoms with Gasteiger partial charge >= 0.3 is 0 Å². The van der Waals surface area contributed by atoms with E-state index in [0.29, 0.717) is 11.8 Å². The molecule has 1 heterocycles. The molecule has 4 heteroatoms. The van der Waals surface area contributed by atoms with Crippen LogP contribution in [0.2, 0.25) is 0 Å². The highest BCUT2D eigenvalue weighted by atomic mass is 35.5. The van der Waals surface area contributed by atoms with Crippen LogP contribution < -0.4 is 0 Å². The zero-order chi connectivity index (χ0) is 10.3. The topological polar surface area (TPSA) is 25.8 Å². The van der Waals surface area contributed by atoms with Gasteiger partial charge in [-0.1, -0.05) is 35.6 Å². The molecule has 0 bridgehead atoms. The lowest BCUT2D eigenvalue weighted by Gasteiger charge is -2.27. The number of benzene rings is 1. The third kappa shape index (κ3) is 1.46. The van der Waals surface area contributed by atoms with Crippen LogP contribution in [0.3, 0.4) is 0 Å². The van der Waals surface area contributed by atoms with Crippen molar-refractivity contribution in [3.05, 3.63) is 45.4 Å². The van der Waals surface area contributed by atoms with E-state index in [-0.39, 0.29) is 0 Å². The van der Waals surface area contributed by atoms with Gasteiger partial charge in [-0.05, 0) is 17.5 Å². The van der Waals surface area contributed by atoms with Crippen LogP contribution in [0.25, 0.3) is 0 Å². The maximum atomic E-state index is 5.71. The Morgan fingerprint density at radius 3 is 2.93 bits per heavy atom. The summed E-state index contributed by atoms with van der Waals surface area (Å²) in [5, 5.41) is 10.3. The van der Waals surface area contributed by atoms with Crippen molar-refractivity contribution in [1.82, 2.24) is 10.2 Å². The van der Waals surface area contributed by atoms with E-state index in [4.69, 9.17) is 11.6 Å². The first kappa shape index (κ1) is 9.31. The van der Waals surface area contributed by atoms with E-state index in [1.807, 2.05) is 0 Å². The normalized spacial score (nSPS) is 18.3. The molecule has 2 nitrogen and oxygen atoms in total. The number of rotatable bonds is 2. The van der Waals surface area contributed by atoms with Crippen molar-refractivity contribution < 1.29 is 0 Å². The van der Waals surface area contributed by atoms with Gasteiger partial charge in [-0.2, -0.15) is 0 Å². The number of fused-ring (bicyclic) bond motifs is 1. The fourth-order valence-corrected chi connectivity index (χ4v) is 2.97. The van der Waals surface area contributed by atoms with E-state index in [1.54, 1.807) is 11.3 Å². The summed E-state index contributed by atoms with van der Waals surface area (Å²) in [5.41, 5.74) is 2.83. The molecule has 1 atom stereocenters. The molecule has 0 N–H and O–H groups in total. The van der Waals surface area contributed by atoms with Gasteiger partial charge in [0.1, 0.15) is 10.0 Å². The van der Waals surface area contributed by atoms with Crippen molar-refractivity contribution in [2.75, 3.05) is 0 Å². The second-order valence-electron chi connectivity index (χ2n) is 3.62. The molecule has 0 saturated carbocycles. The number of hydrogen-bond acceptors (Lipinski definition) is 3. The smallest absolute Gasteiger partial charge is 0.132 e. The fraction of sp³-hybridized carbons (Fsp3) is 0.273. The Labute approximate surface area is 96.9 Å². The summed E-state index contributed by atoms with van der Waals surface area (Å²) in [6.07, 6.45) is 1.09. The molecule has 2 aromatic rings. The highest BCUT2D eigenvalue weighted by Crippen LogP contribution is 2.40. The van der Waals surface area contributed by atoms with Crippen molar-refractivity contribution in [2.24, 2.45) is 0 Å². The molecule has 0 spiro atoms. The molecule has 0 fully saturated rings. The summed E-state index contributed by atoms with van der Waals surface area (Å²) >= 11 is 7.34. The maximum Gasteiger partial charge on any atom is 0.132 e. The van der Waals surface area contributed by atoms with Gasteiger partial charge < -0.3 is 0 Å². The number of hydrogen-bond donors (Lipinski definition) is 0. The predicted molar refractivity (Wildman–Crippen MR) is 61.5 cm³/mol. The molecule has 1 aliphatic rings. The standard InChI is InChI=1S/C11H9ClN2S/c12-6-10-13-14-11(15-10)9-5-7-3-1-2-4-8(7)9/h1-4,9H,5-6H2. The molecule has 3 rings (SSSR count). The largest absolute Gasteiger partial charge is 0.143 e. The third-order valence-corrected chi connectivity index (χ3v) is 4.20. The number of halogens is 1. The molecular formula is C11H9ClN2S. The molecular weight excluding hydrogens is 228 g/mol. The minimum Gasteiger partial charge on any atom is -0.143 e. The predicted octanol–water partition coefficient (Wildman–Crippen LogP) is 2.96. The van der Waals surface area contributed by atoms with Gasteiger partial charge in [0.2, 0.25) is 0 Å². The highest BCUT2D eigenvalue weighted by molar-refractivity contribution is 7.11. The minimum atomic E-state index is 0.454.